The molecule has 23 heavy (non-hydrogen) atoms. The summed E-state index contributed by atoms with van der Waals surface area (Å²) in [5.41, 5.74) is -0.557. The third kappa shape index (κ3) is 4.35. The standard InChI is InChI=1S/C16H28N2O5/c1-6-22-12-7-11-8-17(15(20)23-16(2,3)4)10-13(14(19)21-5)18(11)9-12/h11-13H,6-10H2,1-5H3/t11-,12-,13?/m1/s1. The molecule has 2 fully saturated rings. The Hall–Kier alpha value is -1.34. The van der Waals surface area contributed by atoms with Crippen molar-refractivity contribution in [2.75, 3.05) is 33.4 Å². The fraction of sp³-hybridized carbons (Fsp3) is 0.875. The molecule has 2 saturated heterocycles. The van der Waals surface area contributed by atoms with E-state index in [0.29, 0.717) is 19.7 Å². The molecule has 0 aromatic rings. The molecule has 0 radical (unpaired) electrons. The van der Waals surface area contributed by atoms with Gasteiger partial charge in [0.15, 0.2) is 0 Å². The Kier molecular flexibility index (Phi) is 5.52. The maximum Gasteiger partial charge on any atom is 0.410 e. The normalized spacial score (nSPS) is 28.4. The molecule has 132 valence electrons. The average molecular weight is 328 g/mol. The van der Waals surface area contributed by atoms with Crippen LogP contribution in [0.3, 0.4) is 0 Å². The van der Waals surface area contributed by atoms with E-state index < -0.39 is 11.6 Å². The van der Waals surface area contributed by atoms with Crippen LogP contribution < -0.4 is 0 Å². The molecule has 2 aliphatic rings. The first-order valence-corrected chi connectivity index (χ1v) is 8.18. The van der Waals surface area contributed by atoms with Crippen molar-refractivity contribution in [3.8, 4) is 0 Å². The molecule has 2 rings (SSSR count). The third-order valence-corrected chi connectivity index (χ3v) is 4.17. The molecule has 0 N–H and O–H groups in total. The Bertz CT molecular complexity index is 448. The second-order valence-corrected chi connectivity index (χ2v) is 7.09. The van der Waals surface area contributed by atoms with Crippen molar-refractivity contribution in [3.63, 3.8) is 0 Å². The summed E-state index contributed by atoms with van der Waals surface area (Å²) in [4.78, 5) is 28.2. The highest BCUT2D eigenvalue weighted by Gasteiger charge is 2.46. The number of rotatable bonds is 3. The summed E-state index contributed by atoms with van der Waals surface area (Å²) >= 11 is 0. The Morgan fingerprint density at radius 1 is 1.17 bits per heavy atom. The molecule has 1 amide bonds. The van der Waals surface area contributed by atoms with Gasteiger partial charge in [-0.25, -0.2) is 4.79 Å². The largest absolute Gasteiger partial charge is 0.468 e. The van der Waals surface area contributed by atoms with Crippen LogP contribution in [0.15, 0.2) is 0 Å². The summed E-state index contributed by atoms with van der Waals surface area (Å²) in [5, 5.41) is 0. The minimum Gasteiger partial charge on any atom is -0.468 e. The maximum atomic E-state index is 12.4. The van der Waals surface area contributed by atoms with Crippen LogP contribution in [0.2, 0.25) is 0 Å². The smallest absolute Gasteiger partial charge is 0.410 e. The van der Waals surface area contributed by atoms with Crippen molar-refractivity contribution < 1.29 is 23.8 Å². The molecule has 0 bridgehead atoms. The number of methoxy groups -OCH3 is 1. The summed E-state index contributed by atoms with van der Waals surface area (Å²) in [6.45, 7) is 9.63. The number of carbonyl (C=O) groups excluding carboxylic acids is 2. The summed E-state index contributed by atoms with van der Waals surface area (Å²) in [5.74, 6) is -0.319. The summed E-state index contributed by atoms with van der Waals surface area (Å²) in [6.07, 6.45) is 0.516. The second-order valence-electron chi connectivity index (χ2n) is 7.09. The van der Waals surface area contributed by atoms with Crippen molar-refractivity contribution in [3.05, 3.63) is 0 Å². The van der Waals surface area contributed by atoms with Crippen LogP contribution in [0.1, 0.15) is 34.1 Å². The predicted molar refractivity (Wildman–Crippen MR) is 84.1 cm³/mol. The Labute approximate surface area is 137 Å². The number of hydrogen-bond donors (Lipinski definition) is 0. The van der Waals surface area contributed by atoms with Gasteiger partial charge in [0.1, 0.15) is 11.6 Å². The maximum absolute atomic E-state index is 12.4. The number of fused-ring (bicyclic) bond motifs is 1. The number of esters is 1. The van der Waals surface area contributed by atoms with Crippen LogP contribution in [0.5, 0.6) is 0 Å². The van der Waals surface area contributed by atoms with Gasteiger partial charge in [-0.05, 0) is 34.1 Å². The summed E-state index contributed by atoms with van der Waals surface area (Å²) in [6, 6.07) is -0.367. The molecule has 0 aliphatic carbocycles. The van der Waals surface area contributed by atoms with Crippen LogP contribution in [-0.4, -0.2) is 79.0 Å². The SMILES string of the molecule is CCO[C@@H]1C[C@@H]2CN(C(=O)OC(C)(C)C)CC(C(=O)OC)N2C1. The number of amides is 1. The predicted octanol–water partition coefficient (Wildman–Crippen LogP) is 1.26. The lowest BCUT2D eigenvalue weighted by atomic mass is 10.1. The van der Waals surface area contributed by atoms with E-state index in [9.17, 15) is 9.59 Å². The molecule has 3 atom stereocenters. The number of nitrogens with zero attached hydrogens (tertiary/aromatic N) is 2. The minimum atomic E-state index is -0.557. The van der Waals surface area contributed by atoms with Crippen LogP contribution in [0.25, 0.3) is 0 Å². The van der Waals surface area contributed by atoms with Gasteiger partial charge in [0.25, 0.3) is 0 Å². The second kappa shape index (κ2) is 7.05. The van der Waals surface area contributed by atoms with E-state index in [1.165, 1.54) is 7.11 Å². The molecule has 0 spiro atoms. The number of hydrogen-bond acceptors (Lipinski definition) is 6. The highest BCUT2D eigenvalue weighted by molar-refractivity contribution is 5.78. The molecule has 2 aliphatic heterocycles. The molecule has 7 nitrogen and oxygen atoms in total. The van der Waals surface area contributed by atoms with E-state index in [2.05, 4.69) is 4.90 Å². The van der Waals surface area contributed by atoms with E-state index in [1.54, 1.807) is 4.90 Å². The number of ether oxygens (including phenoxy) is 3. The molecule has 1 unspecified atom stereocenters. The van der Waals surface area contributed by atoms with Gasteiger partial charge in [-0.1, -0.05) is 0 Å². The lowest BCUT2D eigenvalue weighted by Crippen LogP contribution is -2.61. The Morgan fingerprint density at radius 3 is 2.43 bits per heavy atom. The lowest BCUT2D eigenvalue weighted by molar-refractivity contribution is -0.150. The monoisotopic (exact) mass is 328 g/mol. The zero-order valence-corrected chi connectivity index (χ0v) is 14.7. The van der Waals surface area contributed by atoms with E-state index in [4.69, 9.17) is 14.2 Å². The van der Waals surface area contributed by atoms with Crippen molar-refractivity contribution in [1.82, 2.24) is 9.80 Å². The molecule has 7 heteroatoms. The van der Waals surface area contributed by atoms with Gasteiger partial charge in [-0.2, -0.15) is 0 Å². The van der Waals surface area contributed by atoms with Gasteiger partial charge < -0.3 is 19.1 Å². The van der Waals surface area contributed by atoms with Crippen molar-refractivity contribution in [2.45, 2.75) is 57.9 Å². The van der Waals surface area contributed by atoms with Crippen molar-refractivity contribution in [2.24, 2.45) is 0 Å². The third-order valence-electron chi connectivity index (χ3n) is 4.17. The van der Waals surface area contributed by atoms with Crippen molar-refractivity contribution >= 4 is 12.1 Å². The molecule has 0 aromatic carbocycles. The minimum absolute atomic E-state index is 0.0933. The van der Waals surface area contributed by atoms with E-state index >= 15 is 0 Å². The van der Waals surface area contributed by atoms with E-state index in [1.807, 2.05) is 27.7 Å². The van der Waals surface area contributed by atoms with Crippen molar-refractivity contribution in [1.29, 1.82) is 0 Å². The fourth-order valence-electron chi connectivity index (χ4n) is 3.28. The molecule has 0 aromatic heterocycles. The van der Waals surface area contributed by atoms with Crippen LogP contribution in [0.4, 0.5) is 4.79 Å². The zero-order chi connectivity index (χ0) is 17.2. The Balaban J connectivity index is 2.11. The van der Waals surface area contributed by atoms with Crippen LogP contribution >= 0.6 is 0 Å². The first kappa shape index (κ1) is 18.0. The zero-order valence-electron chi connectivity index (χ0n) is 14.7. The molecular weight excluding hydrogens is 300 g/mol. The highest BCUT2D eigenvalue weighted by Crippen LogP contribution is 2.29. The van der Waals surface area contributed by atoms with Gasteiger partial charge >= 0.3 is 12.1 Å². The van der Waals surface area contributed by atoms with Gasteiger partial charge in [-0.15, -0.1) is 0 Å². The Morgan fingerprint density at radius 2 is 1.87 bits per heavy atom. The quantitative estimate of drug-likeness (QED) is 0.727. The first-order chi connectivity index (χ1) is 10.7. The van der Waals surface area contributed by atoms with Crippen LogP contribution in [0, 0.1) is 0 Å². The molecule has 2 heterocycles. The lowest BCUT2D eigenvalue weighted by Gasteiger charge is -2.42. The number of carbonyl (C=O) groups is 2. The van der Waals surface area contributed by atoms with Gasteiger partial charge in [0.05, 0.1) is 19.8 Å². The molecular formula is C16H28N2O5. The van der Waals surface area contributed by atoms with E-state index in [-0.39, 0.29) is 30.8 Å². The van der Waals surface area contributed by atoms with Gasteiger partial charge in [0.2, 0.25) is 0 Å². The summed E-state index contributed by atoms with van der Waals surface area (Å²) < 4.78 is 16.1. The van der Waals surface area contributed by atoms with Gasteiger partial charge in [0, 0.05) is 25.7 Å². The summed E-state index contributed by atoms with van der Waals surface area (Å²) in [7, 11) is 1.37. The highest BCUT2D eigenvalue weighted by atomic mass is 16.6. The van der Waals surface area contributed by atoms with E-state index in [0.717, 1.165) is 6.42 Å². The van der Waals surface area contributed by atoms with Gasteiger partial charge in [-0.3, -0.25) is 9.69 Å². The molecule has 0 saturated carbocycles. The van der Waals surface area contributed by atoms with Crippen LogP contribution in [-0.2, 0) is 19.0 Å². The fourth-order valence-corrected chi connectivity index (χ4v) is 3.28. The number of piperazine rings is 1. The topological polar surface area (TPSA) is 68.3 Å². The first-order valence-electron chi connectivity index (χ1n) is 8.18. The average Bonchev–Trinajstić information content (AvgIpc) is 2.86.